The molecule has 2 heterocycles. The van der Waals surface area contributed by atoms with Crippen LogP contribution in [0.3, 0.4) is 0 Å². The first-order chi connectivity index (χ1) is 6.92. The van der Waals surface area contributed by atoms with Crippen LogP contribution in [0.5, 0.6) is 0 Å². The van der Waals surface area contributed by atoms with Crippen molar-refractivity contribution in [3.63, 3.8) is 0 Å². The van der Waals surface area contributed by atoms with Crippen molar-refractivity contribution in [3.8, 4) is 0 Å². The summed E-state index contributed by atoms with van der Waals surface area (Å²) in [4.78, 5) is 0. The Bertz CT molecular complexity index is 260. The summed E-state index contributed by atoms with van der Waals surface area (Å²) in [5.41, 5.74) is -0.443. The molecule has 4 heteroatoms. The third-order valence-corrected chi connectivity index (χ3v) is 3.65. The molecule has 0 aromatic carbocycles. The van der Waals surface area contributed by atoms with E-state index in [2.05, 4.69) is 45.2 Å². The second-order valence-electron chi connectivity index (χ2n) is 5.35. The average Bonchev–Trinajstić information content (AvgIpc) is 2.38. The van der Waals surface area contributed by atoms with Gasteiger partial charge in [-0.3, -0.25) is 0 Å². The van der Waals surface area contributed by atoms with Gasteiger partial charge in [-0.1, -0.05) is 12.2 Å². The molecule has 2 rings (SSSR count). The summed E-state index contributed by atoms with van der Waals surface area (Å²) in [6.45, 7) is 9.27. The molecular weight excluding hydrogens is 189 g/mol. The van der Waals surface area contributed by atoms with E-state index in [0.29, 0.717) is 0 Å². The summed E-state index contributed by atoms with van der Waals surface area (Å²) < 4.78 is 12.0. The van der Waals surface area contributed by atoms with Crippen LogP contribution in [0.15, 0.2) is 12.2 Å². The first kappa shape index (κ1) is 11.2. The molecular formula is C11H20BNO2. The fourth-order valence-corrected chi connectivity index (χ4v) is 1.89. The quantitative estimate of drug-likeness (QED) is 0.524. The van der Waals surface area contributed by atoms with E-state index < -0.39 is 0 Å². The highest BCUT2D eigenvalue weighted by Gasteiger charge is 2.53. The molecule has 3 nitrogen and oxygen atoms in total. The largest absolute Gasteiger partial charge is 0.476 e. The molecule has 84 valence electrons. The molecule has 1 N–H and O–H groups in total. The standard InChI is InChI=1S/C11H20BNO2/c1-10(2)11(3,4)15-12(14-10)9-7-5-6-8-13-9/h5-6,9,13H,7-8H2,1-4H3. The van der Waals surface area contributed by atoms with Gasteiger partial charge in [0.15, 0.2) is 0 Å². The Labute approximate surface area is 92.4 Å². The molecule has 1 atom stereocenters. The highest BCUT2D eigenvalue weighted by Crippen LogP contribution is 2.37. The smallest absolute Gasteiger partial charge is 0.402 e. The predicted octanol–water partition coefficient (Wildman–Crippen LogP) is 1.54. The molecule has 0 aliphatic carbocycles. The van der Waals surface area contributed by atoms with Gasteiger partial charge in [-0.2, -0.15) is 0 Å². The summed E-state index contributed by atoms with van der Waals surface area (Å²) in [5.74, 6) is 0.288. The van der Waals surface area contributed by atoms with Gasteiger partial charge in [0.1, 0.15) is 0 Å². The van der Waals surface area contributed by atoms with Gasteiger partial charge >= 0.3 is 7.12 Å². The van der Waals surface area contributed by atoms with E-state index in [1.165, 1.54) is 0 Å². The first-order valence-electron chi connectivity index (χ1n) is 5.66. The van der Waals surface area contributed by atoms with E-state index in [9.17, 15) is 0 Å². The van der Waals surface area contributed by atoms with Crippen molar-refractivity contribution in [1.82, 2.24) is 5.32 Å². The molecule has 0 aromatic heterocycles. The Balaban J connectivity index is 2.05. The number of nitrogens with one attached hydrogen (secondary N) is 1. The van der Waals surface area contributed by atoms with Gasteiger partial charge in [0.2, 0.25) is 0 Å². The van der Waals surface area contributed by atoms with Gasteiger partial charge in [-0.15, -0.1) is 0 Å². The molecule has 0 saturated carbocycles. The SMILES string of the molecule is CC1(C)OB(C2CC=CCN2)OC1(C)C. The van der Waals surface area contributed by atoms with Gasteiger partial charge in [-0.05, 0) is 34.1 Å². The van der Waals surface area contributed by atoms with Crippen LogP contribution >= 0.6 is 0 Å². The molecule has 1 saturated heterocycles. The van der Waals surface area contributed by atoms with E-state index in [0.717, 1.165) is 13.0 Å². The Morgan fingerprint density at radius 1 is 1.13 bits per heavy atom. The second kappa shape index (κ2) is 3.61. The average molecular weight is 209 g/mol. The maximum Gasteiger partial charge on any atom is 0.476 e. The van der Waals surface area contributed by atoms with Crippen LogP contribution in [0.25, 0.3) is 0 Å². The number of hydrogen-bond acceptors (Lipinski definition) is 3. The van der Waals surface area contributed by atoms with Crippen LogP contribution < -0.4 is 5.32 Å². The second-order valence-corrected chi connectivity index (χ2v) is 5.35. The van der Waals surface area contributed by atoms with Crippen LogP contribution in [0.1, 0.15) is 34.1 Å². The Morgan fingerprint density at radius 2 is 1.73 bits per heavy atom. The van der Waals surface area contributed by atoms with Crippen molar-refractivity contribution >= 4 is 7.12 Å². The van der Waals surface area contributed by atoms with E-state index in [1.54, 1.807) is 0 Å². The van der Waals surface area contributed by atoms with Gasteiger partial charge in [0.05, 0.1) is 11.2 Å². The zero-order valence-electron chi connectivity index (χ0n) is 10.0. The van der Waals surface area contributed by atoms with Gasteiger partial charge in [0, 0.05) is 12.5 Å². The van der Waals surface area contributed by atoms with E-state index >= 15 is 0 Å². The topological polar surface area (TPSA) is 30.5 Å². The van der Waals surface area contributed by atoms with Crippen molar-refractivity contribution in [2.45, 2.75) is 51.3 Å². The molecule has 0 bridgehead atoms. The fraction of sp³-hybridized carbons (Fsp3) is 0.818. The summed E-state index contributed by atoms with van der Waals surface area (Å²) >= 11 is 0. The van der Waals surface area contributed by atoms with Crippen molar-refractivity contribution in [2.24, 2.45) is 0 Å². The monoisotopic (exact) mass is 209 g/mol. The maximum atomic E-state index is 5.98. The van der Waals surface area contributed by atoms with E-state index in [-0.39, 0.29) is 24.3 Å². The van der Waals surface area contributed by atoms with Crippen molar-refractivity contribution in [1.29, 1.82) is 0 Å². The summed E-state index contributed by atoms with van der Waals surface area (Å²) in [7, 11) is -0.125. The van der Waals surface area contributed by atoms with Crippen LogP contribution in [-0.2, 0) is 9.31 Å². The van der Waals surface area contributed by atoms with E-state index in [1.807, 2.05) is 0 Å². The van der Waals surface area contributed by atoms with Gasteiger partial charge in [0.25, 0.3) is 0 Å². The normalized spacial score (nSPS) is 33.3. The fourth-order valence-electron chi connectivity index (χ4n) is 1.89. The first-order valence-corrected chi connectivity index (χ1v) is 5.66. The lowest BCUT2D eigenvalue weighted by Crippen LogP contribution is -2.46. The van der Waals surface area contributed by atoms with Gasteiger partial charge < -0.3 is 14.6 Å². The van der Waals surface area contributed by atoms with Crippen molar-refractivity contribution < 1.29 is 9.31 Å². The van der Waals surface area contributed by atoms with Crippen LogP contribution in [0, 0.1) is 0 Å². The number of rotatable bonds is 1. The van der Waals surface area contributed by atoms with Crippen LogP contribution in [0.2, 0.25) is 0 Å². The summed E-state index contributed by atoms with van der Waals surface area (Å²) in [6, 6.07) is 0. The Kier molecular flexibility index (Phi) is 2.69. The van der Waals surface area contributed by atoms with Crippen LogP contribution in [0.4, 0.5) is 0 Å². The molecule has 0 aromatic rings. The number of hydrogen-bond donors (Lipinski definition) is 1. The van der Waals surface area contributed by atoms with Gasteiger partial charge in [-0.25, -0.2) is 0 Å². The van der Waals surface area contributed by atoms with Crippen molar-refractivity contribution in [3.05, 3.63) is 12.2 Å². The van der Waals surface area contributed by atoms with Crippen molar-refractivity contribution in [2.75, 3.05) is 6.54 Å². The zero-order chi connectivity index (χ0) is 11.1. The molecule has 1 unspecified atom stereocenters. The molecule has 2 aliphatic rings. The Morgan fingerprint density at radius 3 is 2.20 bits per heavy atom. The molecule has 0 radical (unpaired) electrons. The van der Waals surface area contributed by atoms with E-state index in [4.69, 9.17) is 9.31 Å². The molecule has 1 fully saturated rings. The molecule has 0 spiro atoms. The minimum absolute atomic E-state index is 0.125. The summed E-state index contributed by atoms with van der Waals surface area (Å²) in [5, 5.41) is 3.40. The maximum absolute atomic E-state index is 5.98. The molecule has 0 amide bonds. The third kappa shape index (κ3) is 1.98. The lowest BCUT2D eigenvalue weighted by Gasteiger charge is -2.32. The molecule has 15 heavy (non-hydrogen) atoms. The zero-order valence-corrected chi connectivity index (χ0v) is 10.0. The predicted molar refractivity (Wildman–Crippen MR) is 61.6 cm³/mol. The third-order valence-electron chi connectivity index (χ3n) is 3.65. The summed E-state index contributed by atoms with van der Waals surface area (Å²) in [6.07, 6.45) is 5.31. The Hall–Kier alpha value is -0.315. The minimum atomic E-state index is -0.222. The minimum Gasteiger partial charge on any atom is -0.402 e. The highest BCUT2D eigenvalue weighted by molar-refractivity contribution is 6.47. The van der Waals surface area contributed by atoms with Crippen LogP contribution in [-0.4, -0.2) is 30.8 Å². The lowest BCUT2D eigenvalue weighted by molar-refractivity contribution is 0.00578. The molecule has 2 aliphatic heterocycles. The lowest BCUT2D eigenvalue weighted by atomic mass is 9.75. The highest BCUT2D eigenvalue weighted by atomic mass is 16.7.